The van der Waals surface area contributed by atoms with Crippen molar-refractivity contribution in [3.05, 3.63) is 52.4 Å². The van der Waals surface area contributed by atoms with Gasteiger partial charge in [-0.15, -0.1) is 0 Å². The van der Waals surface area contributed by atoms with Crippen LogP contribution in [0.15, 0.2) is 41.3 Å². The first-order chi connectivity index (χ1) is 14.3. The van der Waals surface area contributed by atoms with Crippen LogP contribution in [0.25, 0.3) is 16.8 Å². The maximum atomic E-state index is 13.1. The van der Waals surface area contributed by atoms with Crippen molar-refractivity contribution < 1.29 is 24.6 Å². The van der Waals surface area contributed by atoms with Gasteiger partial charge in [0.1, 0.15) is 4.32 Å². The average molecular weight is 444 g/mol. The number of aliphatic carboxylic acids is 2. The summed E-state index contributed by atoms with van der Waals surface area (Å²) in [6, 6.07) is 11.2. The van der Waals surface area contributed by atoms with E-state index >= 15 is 0 Å². The minimum absolute atomic E-state index is 0.0872. The lowest BCUT2D eigenvalue weighted by atomic mass is 10.00. The maximum absolute atomic E-state index is 13.1. The minimum Gasteiger partial charge on any atom is -0.481 e. The molecule has 1 unspecified atom stereocenters. The monoisotopic (exact) mass is 443 g/mol. The van der Waals surface area contributed by atoms with Crippen molar-refractivity contribution in [3.63, 3.8) is 0 Å². The summed E-state index contributed by atoms with van der Waals surface area (Å²) in [6.45, 7) is 2.03. The molecule has 1 heterocycles. The zero-order valence-corrected chi connectivity index (χ0v) is 18.0. The fourth-order valence-corrected chi connectivity index (χ4v) is 4.94. The van der Waals surface area contributed by atoms with Crippen molar-refractivity contribution in [1.29, 1.82) is 0 Å². The van der Waals surface area contributed by atoms with Gasteiger partial charge in [-0.2, -0.15) is 0 Å². The Balaban J connectivity index is 1.90. The van der Waals surface area contributed by atoms with Crippen molar-refractivity contribution in [3.8, 4) is 0 Å². The molecule has 6 nitrogen and oxygen atoms in total. The molecule has 0 aromatic heterocycles. The van der Waals surface area contributed by atoms with E-state index in [2.05, 4.69) is 0 Å². The van der Waals surface area contributed by atoms with E-state index in [4.69, 9.17) is 17.3 Å². The molecule has 156 valence electrons. The number of carbonyl (C=O) groups is 3. The lowest BCUT2D eigenvalue weighted by Crippen LogP contribution is -2.40. The second-order valence-electron chi connectivity index (χ2n) is 7.11. The van der Waals surface area contributed by atoms with E-state index in [1.807, 2.05) is 43.3 Å². The van der Waals surface area contributed by atoms with Crippen molar-refractivity contribution in [2.45, 2.75) is 38.6 Å². The number of hydrogen-bond acceptors (Lipinski definition) is 5. The third-order valence-corrected chi connectivity index (χ3v) is 6.32. The van der Waals surface area contributed by atoms with E-state index in [0.717, 1.165) is 33.7 Å². The average Bonchev–Trinajstić information content (AvgIpc) is 2.96. The summed E-state index contributed by atoms with van der Waals surface area (Å²) in [5.74, 6) is -2.35. The Labute approximate surface area is 183 Å². The zero-order valence-electron chi connectivity index (χ0n) is 16.3. The van der Waals surface area contributed by atoms with Crippen LogP contribution in [0.2, 0.25) is 0 Å². The van der Waals surface area contributed by atoms with Crippen LogP contribution in [0.3, 0.4) is 0 Å². The predicted molar refractivity (Wildman–Crippen MR) is 121 cm³/mol. The molecule has 1 saturated heterocycles. The Kier molecular flexibility index (Phi) is 6.89. The lowest BCUT2D eigenvalue weighted by Gasteiger charge is -2.25. The van der Waals surface area contributed by atoms with Crippen molar-refractivity contribution >= 4 is 63.0 Å². The molecule has 0 spiro atoms. The first-order valence-corrected chi connectivity index (χ1v) is 10.7. The molecule has 8 heteroatoms. The first kappa shape index (κ1) is 22.0. The maximum Gasteiger partial charge on any atom is 0.305 e. The van der Waals surface area contributed by atoms with Gasteiger partial charge in [-0.1, -0.05) is 60.4 Å². The second-order valence-corrected chi connectivity index (χ2v) is 8.78. The molecule has 1 fully saturated rings. The van der Waals surface area contributed by atoms with Crippen LogP contribution in [-0.4, -0.2) is 43.3 Å². The number of rotatable bonds is 8. The Morgan fingerprint density at radius 2 is 1.83 bits per heavy atom. The number of amides is 1. The van der Waals surface area contributed by atoms with E-state index in [9.17, 15) is 19.5 Å². The topological polar surface area (TPSA) is 94.9 Å². The summed E-state index contributed by atoms with van der Waals surface area (Å²) in [6.07, 6.45) is 1.94. The van der Waals surface area contributed by atoms with Gasteiger partial charge in [0.05, 0.1) is 11.3 Å². The predicted octanol–water partition coefficient (Wildman–Crippen LogP) is 4.45. The number of carboxylic acids is 2. The van der Waals surface area contributed by atoms with Crippen molar-refractivity contribution in [2.24, 2.45) is 0 Å². The number of carbonyl (C=O) groups excluding carboxylic acids is 1. The molecule has 1 atom stereocenters. The number of aryl methyl sites for hydroxylation is 1. The molecule has 2 aromatic carbocycles. The Bertz CT molecular complexity index is 1060. The van der Waals surface area contributed by atoms with Gasteiger partial charge in [0.2, 0.25) is 0 Å². The smallest absolute Gasteiger partial charge is 0.305 e. The highest BCUT2D eigenvalue weighted by Crippen LogP contribution is 2.37. The minimum atomic E-state index is -1.06. The van der Waals surface area contributed by atoms with Crippen LogP contribution in [0.5, 0.6) is 0 Å². The van der Waals surface area contributed by atoms with E-state index in [1.54, 1.807) is 6.08 Å². The Hall–Kier alpha value is -2.71. The van der Waals surface area contributed by atoms with Crippen LogP contribution in [-0.2, 0) is 14.4 Å². The van der Waals surface area contributed by atoms with Gasteiger partial charge in [-0.25, -0.2) is 0 Å². The van der Waals surface area contributed by atoms with Gasteiger partial charge >= 0.3 is 11.9 Å². The fourth-order valence-electron chi connectivity index (χ4n) is 3.55. The number of carboxylic acid groups (broad SMARTS) is 2. The van der Waals surface area contributed by atoms with Crippen LogP contribution >= 0.6 is 24.0 Å². The van der Waals surface area contributed by atoms with Crippen LogP contribution < -0.4 is 0 Å². The summed E-state index contributed by atoms with van der Waals surface area (Å²) in [4.78, 5) is 37.0. The summed E-state index contributed by atoms with van der Waals surface area (Å²) in [7, 11) is 0. The summed E-state index contributed by atoms with van der Waals surface area (Å²) < 4.78 is 0.296. The highest BCUT2D eigenvalue weighted by atomic mass is 32.2. The van der Waals surface area contributed by atoms with Gasteiger partial charge in [0, 0.05) is 12.5 Å². The van der Waals surface area contributed by atoms with E-state index < -0.39 is 18.0 Å². The molecule has 3 rings (SSSR count). The van der Waals surface area contributed by atoms with Gasteiger partial charge in [0.15, 0.2) is 0 Å². The van der Waals surface area contributed by atoms with Gasteiger partial charge in [-0.05, 0) is 47.7 Å². The van der Waals surface area contributed by atoms with Crippen LogP contribution in [0.4, 0.5) is 0 Å². The molecule has 30 heavy (non-hydrogen) atoms. The normalized spacial score (nSPS) is 16.4. The summed E-state index contributed by atoms with van der Waals surface area (Å²) in [5.41, 5.74) is 2.02. The van der Waals surface area contributed by atoms with E-state index in [0.29, 0.717) is 9.23 Å². The summed E-state index contributed by atoms with van der Waals surface area (Å²) >= 11 is 6.52. The number of thioether (sulfide) groups is 1. The van der Waals surface area contributed by atoms with Crippen LogP contribution in [0, 0.1) is 6.92 Å². The molecular weight excluding hydrogens is 422 g/mol. The van der Waals surface area contributed by atoms with E-state index in [-0.39, 0.29) is 31.6 Å². The largest absolute Gasteiger partial charge is 0.481 e. The Morgan fingerprint density at radius 1 is 1.13 bits per heavy atom. The number of thiocarbonyl (C=S) groups is 1. The SMILES string of the molecule is Cc1ccc(C=C2SC(=S)N(C(CCCC(=O)O)CC(=O)O)C2=O)c2ccccc12. The third kappa shape index (κ3) is 4.88. The highest BCUT2D eigenvalue weighted by Gasteiger charge is 2.37. The second kappa shape index (κ2) is 9.40. The molecule has 1 aliphatic heterocycles. The molecule has 0 bridgehead atoms. The summed E-state index contributed by atoms with van der Waals surface area (Å²) in [5, 5.41) is 20.2. The standard InChI is InChI=1S/C22H21NO5S2/c1-13-9-10-14(17-7-3-2-6-16(13)17)11-18-21(28)23(22(29)30-18)15(12-20(26)27)5-4-8-19(24)25/h2-3,6-7,9-11,15H,4-5,8,12H2,1H3,(H,24,25)(H,26,27). The molecular formula is C22H21NO5S2. The first-order valence-electron chi connectivity index (χ1n) is 9.47. The molecule has 0 radical (unpaired) electrons. The molecule has 2 N–H and O–H groups in total. The molecule has 0 aliphatic carbocycles. The number of nitrogens with zero attached hydrogens (tertiary/aromatic N) is 1. The third-order valence-electron chi connectivity index (χ3n) is 4.99. The van der Waals surface area contributed by atoms with E-state index in [1.165, 1.54) is 4.90 Å². The lowest BCUT2D eigenvalue weighted by molar-refractivity contribution is -0.138. The quantitative estimate of drug-likeness (QED) is 0.460. The van der Waals surface area contributed by atoms with Crippen molar-refractivity contribution in [1.82, 2.24) is 4.90 Å². The number of fused-ring (bicyclic) bond motifs is 1. The van der Waals surface area contributed by atoms with Crippen molar-refractivity contribution in [2.75, 3.05) is 0 Å². The molecule has 1 aliphatic rings. The van der Waals surface area contributed by atoms with Gasteiger partial charge in [-0.3, -0.25) is 19.3 Å². The molecule has 2 aromatic rings. The van der Waals surface area contributed by atoms with Gasteiger partial charge < -0.3 is 10.2 Å². The fraction of sp³-hybridized carbons (Fsp3) is 0.273. The Morgan fingerprint density at radius 3 is 2.50 bits per heavy atom. The number of benzene rings is 2. The number of hydrogen-bond donors (Lipinski definition) is 2. The molecule has 0 saturated carbocycles. The zero-order chi connectivity index (χ0) is 21.8. The van der Waals surface area contributed by atoms with Gasteiger partial charge in [0.25, 0.3) is 5.91 Å². The van der Waals surface area contributed by atoms with Crippen LogP contribution in [0.1, 0.15) is 36.8 Å². The highest BCUT2D eigenvalue weighted by molar-refractivity contribution is 8.26. The molecule has 1 amide bonds.